The van der Waals surface area contributed by atoms with E-state index in [1.165, 1.54) is 42.7 Å². The minimum atomic E-state index is -4.41. The average Bonchev–Trinajstić information content (AvgIpc) is 3.21. The molecular weight excluding hydrogens is 455 g/mol. The molecule has 180 valence electrons. The van der Waals surface area contributed by atoms with E-state index in [-0.39, 0.29) is 23.9 Å². The number of rotatable bonds is 8. The monoisotopic (exact) mass is 477 g/mol. The lowest BCUT2D eigenvalue weighted by Crippen LogP contribution is -2.26. The molecule has 3 rings (SSSR count). The summed E-state index contributed by atoms with van der Waals surface area (Å²) in [7, 11) is 0. The average molecular weight is 477 g/mol. The second-order valence-corrected chi connectivity index (χ2v) is 8.00. The summed E-state index contributed by atoms with van der Waals surface area (Å²) in [6.45, 7) is 4.17. The van der Waals surface area contributed by atoms with Gasteiger partial charge in [0.25, 0.3) is 5.69 Å². The highest BCUT2D eigenvalue weighted by Gasteiger charge is 2.30. The van der Waals surface area contributed by atoms with Crippen LogP contribution >= 0.6 is 0 Å². The van der Waals surface area contributed by atoms with Crippen LogP contribution in [0.3, 0.4) is 0 Å². The molecule has 0 aliphatic carbocycles. The molecule has 34 heavy (non-hydrogen) atoms. The Labute approximate surface area is 193 Å². The van der Waals surface area contributed by atoms with E-state index in [1.54, 1.807) is 10.8 Å². The lowest BCUT2D eigenvalue weighted by Gasteiger charge is -2.19. The lowest BCUT2D eigenvalue weighted by molar-refractivity contribution is -0.384. The fraction of sp³-hybridized carbons (Fsp3) is 0.304. The van der Waals surface area contributed by atoms with E-state index in [2.05, 4.69) is 4.98 Å². The molecule has 1 heterocycles. The molecule has 0 aliphatic rings. The van der Waals surface area contributed by atoms with Crippen LogP contribution in [-0.4, -0.2) is 26.7 Å². The molecule has 0 aliphatic heterocycles. The summed E-state index contributed by atoms with van der Waals surface area (Å²) in [5.74, 6) is 0.293. The Balaban J connectivity index is 1.65. The number of nitro benzene ring substituents is 1. The summed E-state index contributed by atoms with van der Waals surface area (Å²) in [4.78, 5) is 26.7. The molecule has 0 saturated carbocycles. The smallest absolute Gasteiger partial charge is 0.429 e. The maximum Gasteiger partial charge on any atom is 0.514 e. The van der Waals surface area contributed by atoms with Crippen molar-refractivity contribution in [1.29, 1.82) is 0 Å². The van der Waals surface area contributed by atoms with E-state index >= 15 is 0 Å². The number of nitro groups is 1. The lowest BCUT2D eigenvalue weighted by atomic mass is 10.1. The van der Waals surface area contributed by atoms with Gasteiger partial charge < -0.3 is 14.0 Å². The number of hydrogen-bond acceptors (Lipinski definition) is 6. The van der Waals surface area contributed by atoms with Crippen molar-refractivity contribution in [2.24, 2.45) is 5.92 Å². The Hall–Kier alpha value is -3.89. The number of aromatic nitrogens is 2. The number of hydrogen-bond donors (Lipinski definition) is 0. The molecule has 0 fully saturated rings. The minimum absolute atomic E-state index is 0.103. The predicted octanol–water partition coefficient (Wildman–Crippen LogP) is 6.11. The fourth-order valence-electron chi connectivity index (χ4n) is 3.25. The fourth-order valence-corrected chi connectivity index (χ4v) is 3.25. The molecule has 0 N–H and O–H groups in total. The van der Waals surface area contributed by atoms with Gasteiger partial charge in [-0.15, -0.1) is 0 Å². The normalized spacial score (nSPS) is 12.4. The van der Waals surface area contributed by atoms with Crippen molar-refractivity contribution in [3.63, 3.8) is 0 Å². The van der Waals surface area contributed by atoms with Gasteiger partial charge in [0.15, 0.2) is 0 Å². The van der Waals surface area contributed by atoms with Crippen molar-refractivity contribution in [3.05, 3.63) is 76.7 Å². The van der Waals surface area contributed by atoms with Crippen LogP contribution in [0.1, 0.15) is 25.8 Å². The van der Waals surface area contributed by atoms with Crippen molar-refractivity contribution in [3.8, 4) is 17.0 Å². The molecular formula is C23H22F3N3O5. The molecule has 0 saturated heterocycles. The minimum Gasteiger partial charge on any atom is -0.429 e. The zero-order valence-electron chi connectivity index (χ0n) is 18.4. The molecule has 0 spiro atoms. The van der Waals surface area contributed by atoms with Gasteiger partial charge in [-0.25, -0.2) is 9.78 Å². The van der Waals surface area contributed by atoms with Gasteiger partial charge in [-0.1, -0.05) is 26.0 Å². The van der Waals surface area contributed by atoms with Gasteiger partial charge in [0, 0.05) is 23.9 Å². The van der Waals surface area contributed by atoms with Crippen LogP contribution in [0.4, 0.5) is 23.7 Å². The first-order valence-corrected chi connectivity index (χ1v) is 10.3. The first-order valence-electron chi connectivity index (χ1n) is 10.3. The number of carbonyl (C=O) groups excluding carboxylic acids is 1. The first kappa shape index (κ1) is 24.7. The number of halogens is 3. The number of carbonyl (C=O) groups is 1. The van der Waals surface area contributed by atoms with Gasteiger partial charge in [-0.3, -0.25) is 10.1 Å². The van der Waals surface area contributed by atoms with Crippen molar-refractivity contribution in [2.45, 2.75) is 39.1 Å². The third-order valence-electron chi connectivity index (χ3n) is 4.80. The molecule has 1 atom stereocenters. The van der Waals surface area contributed by atoms with Crippen molar-refractivity contribution >= 4 is 11.8 Å². The summed E-state index contributed by atoms with van der Waals surface area (Å²) in [5.41, 5.74) is 0.117. The van der Waals surface area contributed by atoms with E-state index in [0.717, 1.165) is 12.1 Å². The number of imidazole rings is 1. The van der Waals surface area contributed by atoms with Gasteiger partial charge in [-0.2, -0.15) is 13.2 Å². The summed E-state index contributed by atoms with van der Waals surface area (Å²) in [6.07, 6.45) is -2.26. The van der Waals surface area contributed by atoms with Crippen LogP contribution in [-0.2, 0) is 17.5 Å². The van der Waals surface area contributed by atoms with Crippen molar-refractivity contribution in [1.82, 2.24) is 9.55 Å². The molecule has 11 heteroatoms. The molecule has 0 bridgehead atoms. The van der Waals surface area contributed by atoms with E-state index < -0.39 is 28.9 Å². The Morgan fingerprint density at radius 1 is 1.12 bits per heavy atom. The second-order valence-electron chi connectivity index (χ2n) is 8.00. The highest BCUT2D eigenvalue weighted by molar-refractivity contribution is 5.64. The molecule has 1 aromatic heterocycles. The van der Waals surface area contributed by atoms with Crippen LogP contribution in [0.15, 0.2) is 61.1 Å². The summed E-state index contributed by atoms with van der Waals surface area (Å²) < 4.78 is 50.5. The largest absolute Gasteiger partial charge is 0.514 e. The number of nitrogens with zero attached hydrogens (tertiary/aromatic N) is 3. The maximum absolute atomic E-state index is 12.8. The summed E-state index contributed by atoms with van der Waals surface area (Å²) >= 11 is 0. The van der Waals surface area contributed by atoms with Crippen LogP contribution in [0.25, 0.3) is 11.3 Å². The number of benzene rings is 2. The van der Waals surface area contributed by atoms with E-state index in [4.69, 9.17) is 9.47 Å². The molecule has 2 aromatic carbocycles. The third-order valence-corrected chi connectivity index (χ3v) is 4.80. The third kappa shape index (κ3) is 6.80. The summed E-state index contributed by atoms with van der Waals surface area (Å²) in [6, 6.07) is 9.69. The topological polar surface area (TPSA) is 96.5 Å². The van der Waals surface area contributed by atoms with Gasteiger partial charge in [0.05, 0.1) is 29.1 Å². The Morgan fingerprint density at radius 2 is 1.76 bits per heavy atom. The highest BCUT2D eigenvalue weighted by atomic mass is 19.4. The number of ether oxygens (including phenoxy) is 2. The van der Waals surface area contributed by atoms with Crippen LogP contribution in [0.5, 0.6) is 5.75 Å². The van der Waals surface area contributed by atoms with Crippen molar-refractivity contribution in [2.75, 3.05) is 0 Å². The van der Waals surface area contributed by atoms with Crippen LogP contribution in [0, 0.1) is 16.0 Å². The molecule has 0 amide bonds. The molecule has 0 radical (unpaired) electrons. The highest BCUT2D eigenvalue weighted by Crippen LogP contribution is 2.30. The van der Waals surface area contributed by atoms with E-state index in [1.807, 2.05) is 13.8 Å². The van der Waals surface area contributed by atoms with E-state index in [9.17, 15) is 28.1 Å². The first-order chi connectivity index (χ1) is 16.0. The predicted molar refractivity (Wildman–Crippen MR) is 116 cm³/mol. The zero-order valence-corrected chi connectivity index (χ0v) is 18.4. The quantitative estimate of drug-likeness (QED) is 0.168. The molecule has 8 nitrogen and oxygen atoms in total. The van der Waals surface area contributed by atoms with Crippen LogP contribution < -0.4 is 4.74 Å². The Bertz CT molecular complexity index is 1130. The molecule has 1 unspecified atom stereocenters. The van der Waals surface area contributed by atoms with Crippen molar-refractivity contribution < 1.29 is 32.4 Å². The zero-order chi connectivity index (χ0) is 24.9. The van der Waals surface area contributed by atoms with E-state index in [0.29, 0.717) is 17.7 Å². The maximum atomic E-state index is 12.8. The van der Waals surface area contributed by atoms with Gasteiger partial charge in [0.2, 0.25) is 0 Å². The summed E-state index contributed by atoms with van der Waals surface area (Å²) in [5, 5.41) is 10.7. The Morgan fingerprint density at radius 3 is 2.32 bits per heavy atom. The SMILES string of the molecule is CC(C)CC(Cn1cnc(-c2ccc(C(F)(F)F)cc2)c1)OC(=O)Oc1ccc([N+](=O)[O-])cc1. The number of non-ortho nitro benzene ring substituents is 1. The van der Waals surface area contributed by atoms with Gasteiger partial charge >= 0.3 is 12.3 Å². The molecule has 3 aromatic rings. The van der Waals surface area contributed by atoms with Gasteiger partial charge in [0.1, 0.15) is 11.9 Å². The van der Waals surface area contributed by atoms with Gasteiger partial charge in [-0.05, 0) is 36.6 Å². The van der Waals surface area contributed by atoms with Crippen LogP contribution in [0.2, 0.25) is 0 Å². The number of alkyl halides is 3. The Kier molecular flexibility index (Phi) is 7.54. The standard InChI is InChI=1S/C23H22F3N3O5/c1-15(2)11-20(34-22(30)33-19-9-7-18(8-10-19)29(31)32)12-28-13-21(27-14-28)16-3-5-17(6-4-16)23(24,25)26/h3-10,13-15,20H,11-12H2,1-2H3. The second kappa shape index (κ2) is 10.4.